The molecule has 2 aromatic rings. The second kappa shape index (κ2) is 5.71. The molecular formula is C12H9BrO2S2. The summed E-state index contributed by atoms with van der Waals surface area (Å²) in [6.07, 6.45) is 0. The molecule has 5 heteroatoms. The van der Waals surface area contributed by atoms with Crippen LogP contribution < -0.4 is 0 Å². The average Bonchev–Trinajstić information content (AvgIpc) is 2.73. The highest BCUT2D eigenvalue weighted by Crippen LogP contribution is 2.19. The molecule has 0 aliphatic carbocycles. The van der Waals surface area contributed by atoms with Crippen LogP contribution in [0.3, 0.4) is 0 Å². The molecule has 0 saturated carbocycles. The summed E-state index contributed by atoms with van der Waals surface area (Å²) < 4.78 is 6.17. The molecular weight excluding hydrogens is 320 g/mol. The van der Waals surface area contributed by atoms with Gasteiger partial charge in [-0.25, -0.2) is 4.79 Å². The maximum absolute atomic E-state index is 11.7. The molecule has 1 aromatic carbocycles. The van der Waals surface area contributed by atoms with Gasteiger partial charge >= 0.3 is 5.97 Å². The van der Waals surface area contributed by atoms with E-state index in [2.05, 4.69) is 28.6 Å². The van der Waals surface area contributed by atoms with Crippen LogP contribution in [0.1, 0.15) is 15.2 Å². The first-order chi connectivity index (χ1) is 8.15. The van der Waals surface area contributed by atoms with Crippen LogP contribution in [0, 0.1) is 0 Å². The van der Waals surface area contributed by atoms with E-state index in [9.17, 15) is 4.79 Å². The number of thiophene rings is 1. The minimum absolute atomic E-state index is 0.276. The molecule has 0 atom stereocenters. The molecule has 0 amide bonds. The zero-order chi connectivity index (χ0) is 12.3. The minimum atomic E-state index is -0.310. The fourth-order valence-corrected chi connectivity index (χ4v) is 2.77. The summed E-state index contributed by atoms with van der Waals surface area (Å²) in [6, 6.07) is 9.38. The summed E-state index contributed by atoms with van der Waals surface area (Å²) in [7, 11) is 0. The molecule has 17 heavy (non-hydrogen) atoms. The van der Waals surface area contributed by atoms with Crippen molar-refractivity contribution in [2.45, 2.75) is 11.5 Å². The average molecular weight is 329 g/mol. The SMILES string of the molecule is O=C(OCc1cccc(Br)c1)c1cc(S)cs1. The molecule has 2 nitrogen and oxygen atoms in total. The first kappa shape index (κ1) is 12.7. The number of benzene rings is 1. The van der Waals surface area contributed by atoms with Gasteiger partial charge < -0.3 is 4.74 Å². The normalized spacial score (nSPS) is 10.2. The highest BCUT2D eigenvalue weighted by atomic mass is 79.9. The lowest BCUT2D eigenvalue weighted by atomic mass is 10.2. The van der Waals surface area contributed by atoms with Crippen molar-refractivity contribution in [3.05, 3.63) is 50.6 Å². The zero-order valence-electron chi connectivity index (χ0n) is 8.72. The summed E-state index contributed by atoms with van der Waals surface area (Å²) in [5, 5.41) is 1.80. The maximum Gasteiger partial charge on any atom is 0.348 e. The number of hydrogen-bond donors (Lipinski definition) is 1. The van der Waals surface area contributed by atoms with E-state index in [-0.39, 0.29) is 12.6 Å². The minimum Gasteiger partial charge on any atom is -0.457 e. The van der Waals surface area contributed by atoms with Crippen molar-refractivity contribution in [1.29, 1.82) is 0 Å². The van der Waals surface area contributed by atoms with Crippen molar-refractivity contribution in [2.24, 2.45) is 0 Å². The Morgan fingerprint density at radius 1 is 1.41 bits per heavy atom. The highest BCUT2D eigenvalue weighted by molar-refractivity contribution is 9.10. The largest absolute Gasteiger partial charge is 0.457 e. The van der Waals surface area contributed by atoms with Gasteiger partial charge in [-0.05, 0) is 23.8 Å². The molecule has 88 valence electrons. The number of hydrogen-bond acceptors (Lipinski definition) is 4. The smallest absolute Gasteiger partial charge is 0.348 e. The van der Waals surface area contributed by atoms with Gasteiger partial charge in [0.2, 0.25) is 0 Å². The molecule has 1 aromatic heterocycles. The number of ether oxygens (including phenoxy) is 1. The summed E-state index contributed by atoms with van der Waals surface area (Å²) in [5.41, 5.74) is 0.954. The zero-order valence-corrected chi connectivity index (χ0v) is 12.0. The standard InChI is InChI=1S/C12H9BrO2S2/c13-9-3-1-2-8(4-9)6-15-12(14)11-5-10(16)7-17-11/h1-5,7,16H,6H2. The number of halogens is 1. The van der Waals surface area contributed by atoms with Gasteiger partial charge in [-0.3, -0.25) is 0 Å². The molecule has 0 N–H and O–H groups in total. The topological polar surface area (TPSA) is 26.3 Å². The summed E-state index contributed by atoms with van der Waals surface area (Å²) in [4.78, 5) is 13.0. The Morgan fingerprint density at radius 2 is 2.24 bits per heavy atom. The molecule has 0 radical (unpaired) electrons. The fraction of sp³-hybridized carbons (Fsp3) is 0.0833. The van der Waals surface area contributed by atoms with Crippen molar-refractivity contribution in [3.8, 4) is 0 Å². The summed E-state index contributed by atoms with van der Waals surface area (Å²) >= 11 is 8.85. The maximum atomic E-state index is 11.7. The van der Waals surface area contributed by atoms with Crippen LogP contribution in [0.15, 0.2) is 45.1 Å². The molecule has 0 aliphatic rings. The van der Waals surface area contributed by atoms with E-state index in [1.165, 1.54) is 11.3 Å². The van der Waals surface area contributed by atoms with Crippen LogP contribution in [0.2, 0.25) is 0 Å². The van der Waals surface area contributed by atoms with Crippen molar-refractivity contribution < 1.29 is 9.53 Å². The third kappa shape index (κ3) is 3.59. The number of esters is 1. The van der Waals surface area contributed by atoms with Gasteiger partial charge in [-0.1, -0.05) is 28.1 Å². The lowest BCUT2D eigenvalue weighted by molar-refractivity contribution is 0.0478. The third-order valence-corrected chi connectivity index (χ3v) is 3.88. The predicted molar refractivity (Wildman–Crippen MR) is 74.8 cm³/mol. The van der Waals surface area contributed by atoms with Gasteiger partial charge in [-0.2, -0.15) is 0 Å². The summed E-state index contributed by atoms with van der Waals surface area (Å²) in [5.74, 6) is -0.310. The molecule has 0 aliphatic heterocycles. The van der Waals surface area contributed by atoms with Crippen LogP contribution in [0.4, 0.5) is 0 Å². The lowest BCUT2D eigenvalue weighted by Gasteiger charge is -2.03. The molecule has 1 heterocycles. The van der Waals surface area contributed by atoms with Gasteiger partial charge in [0.15, 0.2) is 0 Å². The van der Waals surface area contributed by atoms with E-state index in [1.54, 1.807) is 11.4 Å². The molecule has 2 rings (SSSR count). The lowest BCUT2D eigenvalue weighted by Crippen LogP contribution is -2.02. The molecule has 0 fully saturated rings. The van der Waals surface area contributed by atoms with Gasteiger partial charge in [-0.15, -0.1) is 24.0 Å². The van der Waals surface area contributed by atoms with E-state index in [1.807, 2.05) is 24.3 Å². The van der Waals surface area contributed by atoms with Crippen LogP contribution in [-0.4, -0.2) is 5.97 Å². The van der Waals surface area contributed by atoms with Crippen LogP contribution in [0.25, 0.3) is 0 Å². The second-order valence-electron chi connectivity index (χ2n) is 3.38. The van der Waals surface area contributed by atoms with Crippen molar-refractivity contribution in [2.75, 3.05) is 0 Å². The van der Waals surface area contributed by atoms with Crippen molar-refractivity contribution in [3.63, 3.8) is 0 Å². The van der Waals surface area contributed by atoms with Crippen LogP contribution >= 0.6 is 39.9 Å². The Kier molecular flexibility index (Phi) is 4.25. The predicted octanol–water partition coefficient (Wildman–Crippen LogP) is 4.16. The van der Waals surface area contributed by atoms with Crippen molar-refractivity contribution in [1.82, 2.24) is 0 Å². The quantitative estimate of drug-likeness (QED) is 0.676. The van der Waals surface area contributed by atoms with Crippen molar-refractivity contribution >= 4 is 45.9 Å². The van der Waals surface area contributed by atoms with E-state index in [0.29, 0.717) is 4.88 Å². The number of rotatable bonds is 3. The Bertz CT molecular complexity index is 537. The first-order valence-corrected chi connectivity index (χ1v) is 6.96. The molecule has 0 unspecified atom stereocenters. The number of carbonyl (C=O) groups is 1. The van der Waals surface area contributed by atoms with E-state index < -0.39 is 0 Å². The molecule has 0 bridgehead atoms. The Labute approximate surface area is 117 Å². The van der Waals surface area contributed by atoms with Gasteiger partial charge in [0.05, 0.1) is 0 Å². The Balaban J connectivity index is 1.97. The second-order valence-corrected chi connectivity index (χ2v) is 5.72. The number of carbonyl (C=O) groups excluding carboxylic acids is 1. The van der Waals surface area contributed by atoms with Crippen LogP contribution in [-0.2, 0) is 11.3 Å². The summed E-state index contributed by atoms with van der Waals surface area (Å²) in [6.45, 7) is 0.276. The first-order valence-electron chi connectivity index (χ1n) is 4.84. The molecule has 0 saturated heterocycles. The number of thiol groups is 1. The fourth-order valence-electron chi connectivity index (χ4n) is 1.28. The van der Waals surface area contributed by atoms with Gasteiger partial charge in [0.25, 0.3) is 0 Å². The monoisotopic (exact) mass is 328 g/mol. The van der Waals surface area contributed by atoms with E-state index in [0.717, 1.165) is 14.9 Å². The molecule has 0 spiro atoms. The van der Waals surface area contributed by atoms with Crippen LogP contribution in [0.5, 0.6) is 0 Å². The third-order valence-electron chi connectivity index (χ3n) is 2.05. The Hall–Kier alpha value is -0.780. The van der Waals surface area contributed by atoms with E-state index in [4.69, 9.17) is 4.74 Å². The highest BCUT2D eigenvalue weighted by Gasteiger charge is 2.09. The Morgan fingerprint density at radius 3 is 2.88 bits per heavy atom. The van der Waals surface area contributed by atoms with E-state index >= 15 is 0 Å². The van der Waals surface area contributed by atoms with Gasteiger partial charge in [0, 0.05) is 14.7 Å². The van der Waals surface area contributed by atoms with Gasteiger partial charge in [0.1, 0.15) is 11.5 Å².